The Labute approximate surface area is 168 Å². The third kappa shape index (κ3) is 3.96. The summed E-state index contributed by atoms with van der Waals surface area (Å²) in [4.78, 5) is 12.3. The zero-order valence-electron chi connectivity index (χ0n) is 12.9. The highest BCUT2D eigenvalue weighted by atomic mass is 79.9. The largest absolute Gasteiger partial charge is 0.439 e. The lowest BCUT2D eigenvalue weighted by atomic mass is 10.3. The van der Waals surface area contributed by atoms with Crippen molar-refractivity contribution < 1.29 is 17.6 Å². The molecule has 0 saturated carbocycles. The Kier molecular flexibility index (Phi) is 5.43. The number of hydrogen-bond acceptors (Lipinski definition) is 4. The number of hydrogen-bond donors (Lipinski definition) is 1. The van der Waals surface area contributed by atoms with Crippen LogP contribution in [0.25, 0.3) is 0 Å². The van der Waals surface area contributed by atoms with Crippen molar-refractivity contribution in [1.29, 1.82) is 0 Å². The van der Waals surface area contributed by atoms with E-state index in [2.05, 4.69) is 21.2 Å². The van der Waals surface area contributed by atoms with Crippen LogP contribution < -0.4 is 5.32 Å². The molecule has 0 spiro atoms. The summed E-state index contributed by atoms with van der Waals surface area (Å²) in [7, 11) is -3.87. The molecule has 1 heterocycles. The van der Waals surface area contributed by atoms with E-state index in [1.54, 1.807) is 18.2 Å². The first-order valence-electron chi connectivity index (χ1n) is 7.14. The van der Waals surface area contributed by atoms with Crippen LogP contribution in [0.1, 0.15) is 10.6 Å². The van der Waals surface area contributed by atoms with Crippen LogP contribution in [0, 0.1) is 0 Å². The zero-order valence-corrected chi connectivity index (χ0v) is 16.8. The van der Waals surface area contributed by atoms with Gasteiger partial charge in [0.05, 0.1) is 15.6 Å². The predicted molar refractivity (Wildman–Crippen MR) is 103 cm³/mol. The van der Waals surface area contributed by atoms with Crippen LogP contribution in [0.4, 0.5) is 5.69 Å². The van der Waals surface area contributed by atoms with Gasteiger partial charge in [0.1, 0.15) is 0 Å². The molecule has 1 N–H and O–H groups in total. The van der Waals surface area contributed by atoms with Crippen LogP contribution >= 0.6 is 39.1 Å². The fourth-order valence-corrected chi connectivity index (χ4v) is 3.87. The number of sulfone groups is 1. The Morgan fingerprint density at radius 3 is 2.38 bits per heavy atom. The van der Waals surface area contributed by atoms with E-state index in [0.29, 0.717) is 5.02 Å². The maximum absolute atomic E-state index is 12.6. The zero-order chi connectivity index (χ0) is 18.9. The first kappa shape index (κ1) is 19.0. The SMILES string of the molecule is O=C(Nc1cc(Cl)ccc1Cl)c1ccc(S(=O)(=O)c2ccc(Br)cc2)o1. The molecule has 5 nitrogen and oxygen atoms in total. The van der Waals surface area contributed by atoms with Crippen molar-refractivity contribution in [3.63, 3.8) is 0 Å². The Hall–Kier alpha value is -1.80. The van der Waals surface area contributed by atoms with Crippen molar-refractivity contribution in [1.82, 2.24) is 0 Å². The van der Waals surface area contributed by atoms with Crippen molar-refractivity contribution >= 4 is 60.6 Å². The molecule has 0 fully saturated rings. The highest BCUT2D eigenvalue weighted by Crippen LogP contribution is 2.27. The van der Waals surface area contributed by atoms with Gasteiger partial charge in [0.15, 0.2) is 5.76 Å². The molecule has 0 aliphatic rings. The lowest BCUT2D eigenvalue weighted by molar-refractivity contribution is 0.0991. The van der Waals surface area contributed by atoms with Gasteiger partial charge in [-0.25, -0.2) is 8.42 Å². The average molecular weight is 475 g/mol. The minimum Gasteiger partial charge on any atom is -0.439 e. The first-order valence-corrected chi connectivity index (χ1v) is 10.2. The summed E-state index contributed by atoms with van der Waals surface area (Å²) in [5.41, 5.74) is 0.290. The van der Waals surface area contributed by atoms with E-state index in [9.17, 15) is 13.2 Å². The summed E-state index contributed by atoms with van der Waals surface area (Å²) in [6, 6.07) is 13.2. The molecule has 1 amide bonds. The summed E-state index contributed by atoms with van der Waals surface area (Å²) < 4.78 is 31.1. The molecule has 0 unspecified atom stereocenters. The summed E-state index contributed by atoms with van der Waals surface area (Å²) >= 11 is 15.1. The van der Waals surface area contributed by atoms with Crippen LogP contribution in [0.3, 0.4) is 0 Å². The standard InChI is InChI=1S/C17H10BrCl2NO4S/c18-10-1-4-12(5-2-10)26(23,24)16-8-7-15(25-16)17(22)21-14-9-11(19)3-6-13(14)20/h1-9H,(H,21,22). The minimum atomic E-state index is -3.87. The molecule has 134 valence electrons. The molecule has 0 bridgehead atoms. The number of halogens is 3. The molecule has 1 aromatic heterocycles. The molecule has 0 atom stereocenters. The number of benzene rings is 2. The smallest absolute Gasteiger partial charge is 0.291 e. The molecular weight excluding hydrogens is 465 g/mol. The van der Waals surface area contributed by atoms with Crippen molar-refractivity contribution in [3.8, 4) is 0 Å². The summed E-state index contributed by atoms with van der Waals surface area (Å²) in [6.07, 6.45) is 0. The number of furan rings is 1. The van der Waals surface area contributed by atoms with E-state index in [4.69, 9.17) is 27.6 Å². The van der Waals surface area contributed by atoms with E-state index < -0.39 is 15.7 Å². The summed E-state index contributed by atoms with van der Waals surface area (Å²) in [5, 5.41) is 2.88. The Morgan fingerprint density at radius 1 is 1.00 bits per heavy atom. The molecule has 2 aromatic carbocycles. The van der Waals surface area contributed by atoms with Crippen LogP contribution in [-0.4, -0.2) is 14.3 Å². The molecule has 26 heavy (non-hydrogen) atoms. The van der Waals surface area contributed by atoms with E-state index in [1.807, 2.05) is 0 Å². The van der Waals surface area contributed by atoms with Gasteiger partial charge in [0.2, 0.25) is 14.9 Å². The van der Waals surface area contributed by atoms with E-state index in [-0.39, 0.29) is 26.5 Å². The maximum Gasteiger partial charge on any atom is 0.291 e. The number of nitrogens with one attached hydrogen (secondary N) is 1. The van der Waals surface area contributed by atoms with Gasteiger partial charge in [-0.1, -0.05) is 39.1 Å². The van der Waals surface area contributed by atoms with Crippen LogP contribution in [0.15, 0.2) is 73.5 Å². The van der Waals surface area contributed by atoms with Gasteiger partial charge in [0.25, 0.3) is 5.91 Å². The lowest BCUT2D eigenvalue weighted by Gasteiger charge is -2.06. The molecule has 0 aliphatic heterocycles. The third-order valence-electron chi connectivity index (χ3n) is 3.37. The normalized spacial score (nSPS) is 11.3. The van der Waals surface area contributed by atoms with Crippen LogP contribution in [0.5, 0.6) is 0 Å². The van der Waals surface area contributed by atoms with Gasteiger partial charge >= 0.3 is 0 Å². The Morgan fingerprint density at radius 2 is 1.69 bits per heavy atom. The van der Waals surface area contributed by atoms with Crippen LogP contribution in [-0.2, 0) is 9.84 Å². The second kappa shape index (κ2) is 7.44. The molecule has 9 heteroatoms. The van der Waals surface area contributed by atoms with Crippen molar-refractivity contribution in [3.05, 3.63) is 74.9 Å². The number of rotatable bonds is 4. The van der Waals surface area contributed by atoms with Crippen molar-refractivity contribution in [2.45, 2.75) is 9.99 Å². The number of carbonyl (C=O) groups excluding carboxylic acids is 1. The molecule has 3 rings (SSSR count). The first-order chi connectivity index (χ1) is 12.3. The van der Waals surface area contributed by atoms with E-state index >= 15 is 0 Å². The Bertz CT molecular complexity index is 1080. The van der Waals surface area contributed by atoms with Gasteiger partial charge in [-0.05, 0) is 54.6 Å². The summed E-state index contributed by atoms with van der Waals surface area (Å²) in [6.45, 7) is 0. The quantitative estimate of drug-likeness (QED) is 0.546. The number of anilines is 1. The van der Waals surface area contributed by atoms with Gasteiger partial charge < -0.3 is 9.73 Å². The van der Waals surface area contributed by atoms with Gasteiger partial charge in [0, 0.05) is 9.50 Å². The molecule has 0 aliphatic carbocycles. The van der Waals surface area contributed by atoms with Crippen molar-refractivity contribution in [2.24, 2.45) is 0 Å². The van der Waals surface area contributed by atoms with E-state index in [1.165, 1.54) is 36.4 Å². The molecule has 0 radical (unpaired) electrons. The van der Waals surface area contributed by atoms with Crippen LogP contribution in [0.2, 0.25) is 10.0 Å². The summed E-state index contributed by atoms with van der Waals surface area (Å²) in [5.74, 6) is -0.817. The highest BCUT2D eigenvalue weighted by Gasteiger charge is 2.23. The van der Waals surface area contributed by atoms with E-state index in [0.717, 1.165) is 4.47 Å². The molecule has 0 saturated heterocycles. The average Bonchev–Trinajstić information content (AvgIpc) is 3.09. The third-order valence-corrected chi connectivity index (χ3v) is 6.11. The van der Waals surface area contributed by atoms with Gasteiger partial charge in [-0.15, -0.1) is 0 Å². The molecule has 3 aromatic rings. The number of amides is 1. The monoisotopic (exact) mass is 473 g/mol. The fraction of sp³-hybridized carbons (Fsp3) is 0. The highest BCUT2D eigenvalue weighted by molar-refractivity contribution is 9.10. The predicted octanol–water partition coefficient (Wildman–Crippen LogP) is 5.43. The lowest BCUT2D eigenvalue weighted by Crippen LogP contribution is -2.11. The minimum absolute atomic E-state index is 0.0555. The fourth-order valence-electron chi connectivity index (χ4n) is 2.09. The number of carbonyl (C=O) groups is 1. The van der Waals surface area contributed by atoms with Crippen molar-refractivity contribution in [2.75, 3.05) is 5.32 Å². The molecular formula is C17H10BrCl2NO4S. The topological polar surface area (TPSA) is 76.4 Å². The Balaban J connectivity index is 1.86. The second-order valence-corrected chi connectivity index (χ2v) is 8.79. The maximum atomic E-state index is 12.6. The second-order valence-electron chi connectivity index (χ2n) is 5.15. The van der Waals surface area contributed by atoms with Gasteiger partial charge in [-0.3, -0.25) is 4.79 Å². The van der Waals surface area contributed by atoms with Gasteiger partial charge in [-0.2, -0.15) is 0 Å².